The lowest BCUT2D eigenvalue weighted by Crippen LogP contribution is -2.13. The highest BCUT2D eigenvalue weighted by Gasteiger charge is 2.19. The lowest BCUT2D eigenvalue weighted by Gasteiger charge is -2.08. The van der Waals surface area contributed by atoms with Gasteiger partial charge in [0.1, 0.15) is 0 Å². The summed E-state index contributed by atoms with van der Waals surface area (Å²) in [7, 11) is 0. The summed E-state index contributed by atoms with van der Waals surface area (Å²) in [5.74, 6) is 0.837. The third-order valence-electron chi connectivity index (χ3n) is 2.17. The average molecular weight is 266 g/mol. The van der Waals surface area contributed by atoms with Crippen molar-refractivity contribution in [3.05, 3.63) is 30.3 Å². The topological polar surface area (TPSA) is 74.3 Å². The molecular weight excluding hydrogens is 252 g/mol. The Kier molecular flexibility index (Phi) is 4.33. The molecular formula is C11H14N4S2. The molecule has 1 aromatic rings. The van der Waals surface area contributed by atoms with Crippen molar-refractivity contribution in [1.82, 2.24) is 0 Å². The van der Waals surface area contributed by atoms with Gasteiger partial charge in [0.15, 0.2) is 10.3 Å². The number of para-hydroxylation sites is 1. The third kappa shape index (κ3) is 3.98. The zero-order valence-electron chi connectivity index (χ0n) is 9.22. The van der Waals surface area contributed by atoms with Crippen LogP contribution >= 0.6 is 23.5 Å². The Balaban J connectivity index is 1.80. The smallest absolute Gasteiger partial charge is 0.161 e. The van der Waals surface area contributed by atoms with Gasteiger partial charge in [-0.25, -0.2) is 0 Å². The maximum Gasteiger partial charge on any atom is 0.161 e. The number of amidine groups is 2. The fourth-order valence-electron chi connectivity index (χ4n) is 1.40. The minimum absolute atomic E-state index is 0.176. The molecule has 0 bridgehead atoms. The van der Waals surface area contributed by atoms with Gasteiger partial charge in [0.25, 0.3) is 0 Å². The first-order valence-electron chi connectivity index (χ1n) is 5.24. The van der Waals surface area contributed by atoms with Gasteiger partial charge in [0, 0.05) is 16.7 Å². The molecule has 1 aliphatic heterocycles. The van der Waals surface area contributed by atoms with Gasteiger partial charge < -0.3 is 11.1 Å². The predicted octanol–water partition coefficient (Wildman–Crippen LogP) is 2.20. The summed E-state index contributed by atoms with van der Waals surface area (Å²) < 4.78 is 0. The fourth-order valence-corrected chi connectivity index (χ4v) is 3.14. The van der Waals surface area contributed by atoms with Crippen molar-refractivity contribution in [1.29, 1.82) is 5.41 Å². The molecule has 0 spiro atoms. The van der Waals surface area contributed by atoms with E-state index in [0.717, 1.165) is 23.2 Å². The number of aliphatic imine (C=N–C) groups is 1. The van der Waals surface area contributed by atoms with Gasteiger partial charge in [-0.15, -0.1) is 0 Å². The number of hydrogen-bond acceptors (Lipinski definition) is 5. The van der Waals surface area contributed by atoms with Crippen molar-refractivity contribution in [2.24, 2.45) is 10.7 Å². The summed E-state index contributed by atoms with van der Waals surface area (Å²) in [6, 6.07) is 10.00. The third-order valence-corrected chi connectivity index (χ3v) is 4.36. The van der Waals surface area contributed by atoms with Crippen molar-refractivity contribution < 1.29 is 0 Å². The lowest BCUT2D eigenvalue weighted by atomic mass is 10.3. The zero-order valence-corrected chi connectivity index (χ0v) is 10.9. The Labute approximate surface area is 109 Å². The van der Waals surface area contributed by atoms with Gasteiger partial charge in [-0.1, -0.05) is 41.7 Å². The standard InChI is InChI=1S/C11H14N4S2/c12-10(13)16-7-9-6-14-11(17-9)15-8-4-2-1-3-5-8/h1-5,9H,6-7H2,(H3,12,13)(H,14,15). The van der Waals surface area contributed by atoms with Crippen LogP contribution < -0.4 is 11.1 Å². The fraction of sp³-hybridized carbons (Fsp3) is 0.273. The minimum atomic E-state index is 0.176. The molecule has 0 radical (unpaired) electrons. The largest absolute Gasteiger partial charge is 0.379 e. The van der Waals surface area contributed by atoms with Gasteiger partial charge in [-0.3, -0.25) is 10.4 Å². The second-order valence-corrected chi connectivity index (χ2v) is 5.90. The Morgan fingerprint density at radius 2 is 2.29 bits per heavy atom. The summed E-state index contributed by atoms with van der Waals surface area (Å²) in [4.78, 5) is 4.43. The average Bonchev–Trinajstić information content (AvgIpc) is 2.75. The quantitative estimate of drug-likeness (QED) is 0.579. The summed E-state index contributed by atoms with van der Waals surface area (Å²) in [6.07, 6.45) is 0. The molecule has 4 N–H and O–H groups in total. The molecule has 0 amide bonds. The number of nitrogens with zero attached hydrogens (tertiary/aromatic N) is 1. The van der Waals surface area contributed by atoms with Gasteiger partial charge in [-0.2, -0.15) is 0 Å². The second-order valence-electron chi connectivity index (χ2n) is 3.55. The van der Waals surface area contributed by atoms with Crippen LogP contribution in [-0.2, 0) is 0 Å². The Bertz CT molecular complexity index is 419. The molecule has 1 aliphatic rings. The van der Waals surface area contributed by atoms with Crippen LogP contribution in [0.3, 0.4) is 0 Å². The first kappa shape index (κ1) is 12.3. The van der Waals surface area contributed by atoms with Gasteiger partial charge in [0.05, 0.1) is 6.54 Å². The second kappa shape index (κ2) is 5.97. The Morgan fingerprint density at radius 1 is 1.53 bits per heavy atom. The number of hydrogen-bond donors (Lipinski definition) is 3. The van der Waals surface area contributed by atoms with Crippen LogP contribution in [0.1, 0.15) is 0 Å². The molecule has 0 saturated heterocycles. The van der Waals surface area contributed by atoms with E-state index in [0.29, 0.717) is 5.25 Å². The highest BCUT2D eigenvalue weighted by Crippen LogP contribution is 2.25. The monoisotopic (exact) mass is 266 g/mol. The molecule has 4 nitrogen and oxygen atoms in total. The van der Waals surface area contributed by atoms with E-state index >= 15 is 0 Å². The molecule has 1 aromatic carbocycles. The maximum atomic E-state index is 7.17. The van der Waals surface area contributed by atoms with E-state index in [1.54, 1.807) is 11.8 Å². The first-order chi connectivity index (χ1) is 8.24. The molecule has 0 saturated carbocycles. The molecule has 1 heterocycles. The van der Waals surface area contributed by atoms with Gasteiger partial charge in [-0.05, 0) is 12.1 Å². The van der Waals surface area contributed by atoms with Crippen LogP contribution in [0.25, 0.3) is 0 Å². The van der Waals surface area contributed by atoms with Crippen LogP contribution in [0, 0.1) is 5.41 Å². The van der Waals surface area contributed by atoms with E-state index in [2.05, 4.69) is 10.3 Å². The molecule has 6 heteroatoms. The van der Waals surface area contributed by atoms with E-state index in [1.807, 2.05) is 30.3 Å². The number of rotatable bonds is 3. The van der Waals surface area contributed by atoms with Crippen molar-refractivity contribution in [3.63, 3.8) is 0 Å². The molecule has 0 aliphatic carbocycles. The van der Waals surface area contributed by atoms with Crippen LogP contribution in [0.5, 0.6) is 0 Å². The molecule has 0 fully saturated rings. The van der Waals surface area contributed by atoms with E-state index < -0.39 is 0 Å². The number of thioether (sulfide) groups is 2. The number of nitrogens with two attached hydrogens (primary N) is 1. The molecule has 0 aromatic heterocycles. The Morgan fingerprint density at radius 3 is 3.00 bits per heavy atom. The van der Waals surface area contributed by atoms with Crippen LogP contribution in [0.4, 0.5) is 5.69 Å². The molecule has 1 unspecified atom stereocenters. The Hall–Kier alpha value is -1.14. The first-order valence-corrected chi connectivity index (χ1v) is 7.10. The van der Waals surface area contributed by atoms with Crippen molar-refractivity contribution in [2.75, 3.05) is 17.6 Å². The number of anilines is 1. The number of nitrogens with one attached hydrogen (secondary N) is 2. The van der Waals surface area contributed by atoms with Gasteiger partial charge in [0.2, 0.25) is 0 Å². The molecule has 90 valence electrons. The highest BCUT2D eigenvalue weighted by atomic mass is 32.2. The van der Waals surface area contributed by atoms with E-state index in [9.17, 15) is 0 Å². The summed E-state index contributed by atoms with van der Waals surface area (Å²) in [5, 5.41) is 12.0. The van der Waals surface area contributed by atoms with E-state index in [1.165, 1.54) is 11.8 Å². The molecule has 2 rings (SSSR count). The minimum Gasteiger partial charge on any atom is -0.379 e. The van der Waals surface area contributed by atoms with Crippen LogP contribution in [0.15, 0.2) is 35.3 Å². The normalized spacial score (nSPS) is 18.8. The van der Waals surface area contributed by atoms with E-state index in [-0.39, 0.29) is 5.17 Å². The molecule has 17 heavy (non-hydrogen) atoms. The van der Waals surface area contributed by atoms with Crippen molar-refractivity contribution in [3.8, 4) is 0 Å². The predicted molar refractivity (Wildman–Crippen MR) is 78.1 cm³/mol. The zero-order chi connectivity index (χ0) is 12.1. The number of benzene rings is 1. The van der Waals surface area contributed by atoms with Crippen LogP contribution in [-0.4, -0.2) is 27.9 Å². The summed E-state index contributed by atoms with van der Waals surface area (Å²) in [5.41, 5.74) is 6.37. The van der Waals surface area contributed by atoms with Crippen molar-refractivity contribution in [2.45, 2.75) is 5.25 Å². The lowest BCUT2D eigenvalue weighted by molar-refractivity contribution is 0.988. The summed E-state index contributed by atoms with van der Waals surface area (Å²) >= 11 is 3.09. The SMILES string of the molecule is N=C(N)SCC1CN=C(Nc2ccccc2)S1. The van der Waals surface area contributed by atoms with E-state index in [4.69, 9.17) is 11.1 Å². The summed E-state index contributed by atoms with van der Waals surface area (Å²) in [6.45, 7) is 0.792. The van der Waals surface area contributed by atoms with Crippen molar-refractivity contribution >= 4 is 39.5 Å². The van der Waals surface area contributed by atoms with Crippen LogP contribution in [0.2, 0.25) is 0 Å². The van der Waals surface area contributed by atoms with Gasteiger partial charge >= 0.3 is 0 Å². The highest BCUT2D eigenvalue weighted by molar-refractivity contribution is 8.17. The molecule has 1 atom stereocenters. The maximum absolute atomic E-state index is 7.17.